The third kappa shape index (κ3) is 5.18. The molecule has 3 N–H and O–H groups in total. The summed E-state index contributed by atoms with van der Waals surface area (Å²) in [4.78, 5) is 23.9. The van der Waals surface area contributed by atoms with Crippen LogP contribution in [0.3, 0.4) is 0 Å². The van der Waals surface area contributed by atoms with E-state index in [0.717, 1.165) is 0 Å². The van der Waals surface area contributed by atoms with Crippen molar-refractivity contribution >= 4 is 60.8 Å². The second-order valence-electron chi connectivity index (χ2n) is 6.09. The average Bonchev–Trinajstić information content (AvgIpc) is 2.71. The smallest absolute Gasteiger partial charge is 0.337 e. The Morgan fingerprint density at radius 2 is 1.67 bits per heavy atom. The van der Waals surface area contributed by atoms with Gasteiger partial charge in [-0.25, -0.2) is 13.2 Å². The fraction of sp³-hybridized carbons (Fsp3) is 0. The molecule has 154 valence electrons. The van der Waals surface area contributed by atoms with Crippen LogP contribution in [0, 0.1) is 0 Å². The molecule has 10 heteroatoms. The number of sulfonamides is 1. The van der Waals surface area contributed by atoms with E-state index >= 15 is 0 Å². The molecule has 0 aliphatic heterocycles. The van der Waals surface area contributed by atoms with Crippen LogP contribution in [0.4, 0.5) is 11.4 Å². The van der Waals surface area contributed by atoms with E-state index in [1.54, 1.807) is 18.2 Å². The number of nitrogens with one attached hydrogen (secondary N) is 2. The van der Waals surface area contributed by atoms with Gasteiger partial charge in [-0.2, -0.15) is 0 Å². The quantitative estimate of drug-likeness (QED) is 0.439. The zero-order valence-corrected chi connectivity index (χ0v) is 18.3. The van der Waals surface area contributed by atoms with Crippen molar-refractivity contribution in [1.82, 2.24) is 0 Å². The Balaban J connectivity index is 1.85. The largest absolute Gasteiger partial charge is 0.478 e. The molecule has 3 aromatic rings. The Kier molecular flexibility index (Phi) is 6.45. The Bertz CT molecular complexity index is 1230. The first-order valence-electron chi connectivity index (χ1n) is 8.38. The molecule has 3 aromatic carbocycles. The molecule has 0 bridgehead atoms. The number of hydrogen-bond acceptors (Lipinski definition) is 4. The van der Waals surface area contributed by atoms with Crippen LogP contribution in [-0.4, -0.2) is 25.4 Å². The summed E-state index contributed by atoms with van der Waals surface area (Å²) in [6, 6.07) is 15.9. The Hall–Kier alpha value is -2.88. The van der Waals surface area contributed by atoms with Crippen molar-refractivity contribution in [2.24, 2.45) is 0 Å². The van der Waals surface area contributed by atoms with Gasteiger partial charge in [-0.3, -0.25) is 9.52 Å². The summed E-state index contributed by atoms with van der Waals surface area (Å²) >= 11 is 8.98. The fourth-order valence-corrected chi connectivity index (χ4v) is 4.12. The number of carbonyl (C=O) groups excluding carboxylic acids is 1. The number of anilines is 2. The highest BCUT2D eigenvalue weighted by molar-refractivity contribution is 9.10. The average molecular weight is 510 g/mol. The highest BCUT2D eigenvalue weighted by Crippen LogP contribution is 2.23. The summed E-state index contributed by atoms with van der Waals surface area (Å²) in [6.07, 6.45) is 0. The van der Waals surface area contributed by atoms with Crippen molar-refractivity contribution in [3.63, 3.8) is 0 Å². The molecule has 0 saturated carbocycles. The molecule has 0 fully saturated rings. The first-order chi connectivity index (χ1) is 14.2. The second-order valence-corrected chi connectivity index (χ2v) is 9.12. The van der Waals surface area contributed by atoms with Crippen LogP contribution >= 0.6 is 27.5 Å². The minimum absolute atomic E-state index is 0.0493. The first-order valence-corrected chi connectivity index (χ1v) is 11.0. The molecule has 0 radical (unpaired) electrons. The van der Waals surface area contributed by atoms with Crippen molar-refractivity contribution < 1.29 is 23.1 Å². The number of carboxylic acids is 1. The second kappa shape index (κ2) is 8.86. The molecule has 0 aromatic heterocycles. The van der Waals surface area contributed by atoms with E-state index in [0.29, 0.717) is 15.2 Å². The van der Waals surface area contributed by atoms with Gasteiger partial charge >= 0.3 is 5.97 Å². The van der Waals surface area contributed by atoms with Crippen molar-refractivity contribution in [3.8, 4) is 0 Å². The van der Waals surface area contributed by atoms with E-state index < -0.39 is 21.9 Å². The van der Waals surface area contributed by atoms with Crippen LogP contribution in [-0.2, 0) is 10.0 Å². The topological polar surface area (TPSA) is 113 Å². The lowest BCUT2D eigenvalue weighted by Gasteiger charge is -2.11. The molecular formula is C20H14BrClN2O5S. The third-order valence-corrected chi connectivity index (χ3v) is 6.09. The van der Waals surface area contributed by atoms with E-state index in [2.05, 4.69) is 26.0 Å². The van der Waals surface area contributed by atoms with Gasteiger partial charge in [0.25, 0.3) is 15.9 Å². The summed E-state index contributed by atoms with van der Waals surface area (Å²) in [5.74, 6) is -1.86. The molecule has 0 aliphatic rings. The van der Waals surface area contributed by atoms with Crippen molar-refractivity contribution in [2.75, 3.05) is 10.0 Å². The van der Waals surface area contributed by atoms with Gasteiger partial charge in [0.2, 0.25) is 0 Å². The molecule has 0 saturated heterocycles. The highest BCUT2D eigenvalue weighted by atomic mass is 79.9. The maximum Gasteiger partial charge on any atom is 0.337 e. The standard InChI is InChI=1S/C20H14BrClN2O5S/c21-13-4-9-18(17(11-13)20(26)27)23-19(25)12-2-1-3-16(10-12)30(28,29)24-15-7-5-14(22)6-8-15/h1-11,24H,(H,23,25)(H,26,27). The van der Waals surface area contributed by atoms with Crippen LogP contribution < -0.4 is 10.0 Å². The minimum atomic E-state index is -3.96. The number of benzene rings is 3. The van der Waals surface area contributed by atoms with E-state index in [-0.39, 0.29) is 21.7 Å². The van der Waals surface area contributed by atoms with Gasteiger partial charge in [0.05, 0.1) is 16.1 Å². The molecule has 0 atom stereocenters. The third-order valence-electron chi connectivity index (χ3n) is 3.96. The normalized spacial score (nSPS) is 11.0. The lowest BCUT2D eigenvalue weighted by Crippen LogP contribution is -2.17. The zero-order valence-electron chi connectivity index (χ0n) is 15.1. The first kappa shape index (κ1) is 21.8. The highest BCUT2D eigenvalue weighted by Gasteiger charge is 2.18. The lowest BCUT2D eigenvalue weighted by atomic mass is 10.1. The Labute approximate surface area is 185 Å². The van der Waals surface area contributed by atoms with Gasteiger partial charge in [-0.15, -0.1) is 0 Å². The SMILES string of the molecule is O=C(Nc1ccc(Br)cc1C(=O)O)c1cccc(S(=O)(=O)Nc2ccc(Cl)cc2)c1. The molecule has 0 unspecified atom stereocenters. The van der Waals surface area contributed by atoms with Crippen LogP contribution in [0.2, 0.25) is 5.02 Å². The lowest BCUT2D eigenvalue weighted by molar-refractivity contribution is 0.0698. The fourth-order valence-electron chi connectivity index (χ4n) is 2.53. The molecule has 7 nitrogen and oxygen atoms in total. The van der Waals surface area contributed by atoms with Gasteiger partial charge in [-0.1, -0.05) is 33.6 Å². The summed E-state index contributed by atoms with van der Waals surface area (Å²) < 4.78 is 28.2. The van der Waals surface area contributed by atoms with E-state index in [1.165, 1.54) is 48.5 Å². The number of halogens is 2. The van der Waals surface area contributed by atoms with E-state index in [1.807, 2.05) is 0 Å². The number of carbonyl (C=O) groups is 2. The van der Waals surface area contributed by atoms with E-state index in [4.69, 9.17) is 11.6 Å². The van der Waals surface area contributed by atoms with Gasteiger partial charge in [-0.05, 0) is 60.7 Å². The van der Waals surface area contributed by atoms with Crippen molar-refractivity contribution in [3.05, 3.63) is 87.4 Å². The molecule has 30 heavy (non-hydrogen) atoms. The van der Waals surface area contributed by atoms with Crippen LogP contribution in [0.1, 0.15) is 20.7 Å². The molecule has 0 spiro atoms. The molecular weight excluding hydrogens is 496 g/mol. The Morgan fingerprint density at radius 3 is 2.33 bits per heavy atom. The van der Waals surface area contributed by atoms with E-state index in [9.17, 15) is 23.1 Å². The van der Waals surface area contributed by atoms with Crippen molar-refractivity contribution in [2.45, 2.75) is 4.90 Å². The van der Waals surface area contributed by atoms with Crippen molar-refractivity contribution in [1.29, 1.82) is 0 Å². The summed E-state index contributed by atoms with van der Waals surface area (Å²) in [5.41, 5.74) is 0.345. The number of carboxylic acid groups (broad SMARTS) is 1. The molecule has 1 amide bonds. The van der Waals surface area contributed by atoms with Gasteiger partial charge < -0.3 is 10.4 Å². The van der Waals surface area contributed by atoms with Gasteiger partial charge in [0.1, 0.15) is 0 Å². The number of rotatable bonds is 6. The number of amides is 1. The summed E-state index contributed by atoms with van der Waals surface area (Å²) in [7, 11) is -3.96. The molecule has 3 rings (SSSR count). The number of hydrogen-bond donors (Lipinski definition) is 3. The predicted molar refractivity (Wildman–Crippen MR) is 118 cm³/mol. The zero-order chi connectivity index (χ0) is 21.9. The molecule has 0 heterocycles. The van der Waals surface area contributed by atoms with Crippen LogP contribution in [0.5, 0.6) is 0 Å². The predicted octanol–water partition coefficient (Wildman–Crippen LogP) is 4.85. The van der Waals surface area contributed by atoms with Gasteiger partial charge in [0, 0.05) is 20.7 Å². The number of aromatic carboxylic acids is 1. The maximum absolute atomic E-state index is 12.6. The maximum atomic E-state index is 12.6. The Morgan fingerprint density at radius 1 is 0.967 bits per heavy atom. The minimum Gasteiger partial charge on any atom is -0.478 e. The summed E-state index contributed by atoms with van der Waals surface area (Å²) in [6.45, 7) is 0. The van der Waals surface area contributed by atoms with Crippen LogP contribution in [0.15, 0.2) is 76.1 Å². The summed E-state index contributed by atoms with van der Waals surface area (Å²) in [5, 5.41) is 12.3. The molecule has 0 aliphatic carbocycles. The van der Waals surface area contributed by atoms with Crippen LogP contribution in [0.25, 0.3) is 0 Å². The van der Waals surface area contributed by atoms with Gasteiger partial charge in [0.15, 0.2) is 0 Å². The monoisotopic (exact) mass is 508 g/mol.